The Kier molecular flexibility index (Phi) is 7.64. The molecule has 10 nitrogen and oxygen atoms in total. The van der Waals surface area contributed by atoms with Gasteiger partial charge < -0.3 is 25.8 Å². The summed E-state index contributed by atoms with van der Waals surface area (Å²) < 4.78 is 13.7. The second-order valence-corrected chi connectivity index (χ2v) is 8.40. The molecule has 2 aromatic rings. The second-order valence-electron chi connectivity index (χ2n) is 8.40. The van der Waals surface area contributed by atoms with Crippen molar-refractivity contribution < 1.29 is 18.8 Å². The second kappa shape index (κ2) is 10.4. The standard InChI is InChI=1S/C23H29FN6O4/c1-12(31)18(24)9-19(13(2)32)29-22(33)15-5-7-16(8-6-15)25-10-17-11-26-21-20(30(17)4)23(34)28-14(3)27-21/h5-8,17-19,25H,9-11H2,1-4H3,(H,29,33)(H2,26,27,28,34)/t17?,18?,19-/m0/s1/i24-1. The molecule has 0 bridgehead atoms. The number of aromatic nitrogens is 2. The van der Waals surface area contributed by atoms with Crippen molar-refractivity contribution in [3.05, 3.63) is 46.0 Å². The normalized spacial score (nSPS) is 16.6. The molecule has 0 radical (unpaired) electrons. The van der Waals surface area contributed by atoms with Crippen LogP contribution < -0.4 is 26.4 Å². The van der Waals surface area contributed by atoms with Crippen LogP contribution in [0.3, 0.4) is 0 Å². The molecule has 0 aliphatic carbocycles. The zero-order chi connectivity index (χ0) is 25.0. The van der Waals surface area contributed by atoms with E-state index in [1.807, 2.05) is 11.9 Å². The topological polar surface area (TPSA) is 136 Å². The number of hydrogen-bond acceptors (Lipinski definition) is 8. The number of carbonyl (C=O) groups excluding carboxylic acids is 3. The van der Waals surface area contributed by atoms with Gasteiger partial charge in [0.05, 0.1) is 12.1 Å². The smallest absolute Gasteiger partial charge is 0.276 e. The maximum absolute atomic E-state index is 13.7. The Balaban J connectivity index is 1.59. The average Bonchev–Trinajstić information content (AvgIpc) is 2.77. The van der Waals surface area contributed by atoms with Gasteiger partial charge in [0.15, 0.2) is 23.6 Å². The van der Waals surface area contributed by atoms with Crippen molar-refractivity contribution in [2.75, 3.05) is 35.7 Å². The Morgan fingerprint density at radius 3 is 2.50 bits per heavy atom. The molecule has 1 amide bonds. The van der Waals surface area contributed by atoms with E-state index in [9.17, 15) is 23.6 Å². The monoisotopic (exact) mass is 471 g/mol. The van der Waals surface area contributed by atoms with Crippen LogP contribution in [0.15, 0.2) is 29.1 Å². The van der Waals surface area contributed by atoms with Crippen LogP contribution >= 0.6 is 0 Å². The van der Waals surface area contributed by atoms with Gasteiger partial charge in [0.1, 0.15) is 11.5 Å². The van der Waals surface area contributed by atoms with Crippen LogP contribution in [-0.4, -0.2) is 65.8 Å². The van der Waals surface area contributed by atoms with Crippen molar-refractivity contribution >= 4 is 34.7 Å². The highest BCUT2D eigenvalue weighted by molar-refractivity contribution is 5.98. The fraction of sp³-hybridized carbons (Fsp3) is 0.435. The number of rotatable bonds is 9. The summed E-state index contributed by atoms with van der Waals surface area (Å²) in [5.41, 5.74) is 1.34. The van der Waals surface area contributed by atoms with Crippen molar-refractivity contribution in [1.82, 2.24) is 15.3 Å². The summed E-state index contributed by atoms with van der Waals surface area (Å²) in [6, 6.07) is 5.50. The van der Waals surface area contributed by atoms with E-state index >= 15 is 0 Å². The number of carbonyl (C=O) groups is 3. The van der Waals surface area contributed by atoms with E-state index in [1.165, 1.54) is 6.92 Å². The van der Waals surface area contributed by atoms with Crippen LogP contribution in [0.4, 0.5) is 21.6 Å². The van der Waals surface area contributed by atoms with Gasteiger partial charge in [-0.3, -0.25) is 19.2 Å². The van der Waals surface area contributed by atoms with E-state index in [0.29, 0.717) is 36.0 Å². The Morgan fingerprint density at radius 1 is 1.21 bits per heavy atom. The molecule has 34 heavy (non-hydrogen) atoms. The van der Waals surface area contributed by atoms with Gasteiger partial charge in [-0.2, -0.15) is 0 Å². The number of benzene rings is 1. The van der Waals surface area contributed by atoms with Crippen molar-refractivity contribution in [2.24, 2.45) is 0 Å². The van der Waals surface area contributed by atoms with Gasteiger partial charge in [-0.05, 0) is 45.0 Å². The summed E-state index contributed by atoms with van der Waals surface area (Å²) in [4.78, 5) is 56.7. The van der Waals surface area contributed by atoms with E-state index in [-0.39, 0.29) is 18.0 Å². The highest BCUT2D eigenvalue weighted by atomic mass is 18.2. The summed E-state index contributed by atoms with van der Waals surface area (Å²) in [6.45, 7) is 5.19. The lowest BCUT2D eigenvalue weighted by Crippen LogP contribution is -2.48. The molecule has 1 aromatic heterocycles. The quantitative estimate of drug-likeness (QED) is 0.431. The molecule has 4 N–H and O–H groups in total. The first-order valence-electron chi connectivity index (χ1n) is 10.9. The van der Waals surface area contributed by atoms with E-state index in [0.717, 1.165) is 12.6 Å². The van der Waals surface area contributed by atoms with Gasteiger partial charge in [-0.1, -0.05) is 0 Å². The largest absolute Gasteiger partial charge is 0.383 e. The summed E-state index contributed by atoms with van der Waals surface area (Å²) in [7, 11) is 1.84. The zero-order valence-corrected chi connectivity index (χ0v) is 19.6. The number of anilines is 3. The maximum Gasteiger partial charge on any atom is 0.276 e. The number of fused-ring (bicyclic) bond motifs is 1. The molecule has 3 rings (SSSR count). The van der Waals surface area contributed by atoms with Gasteiger partial charge in [-0.25, -0.2) is 9.37 Å². The number of hydrogen-bond donors (Lipinski definition) is 4. The van der Waals surface area contributed by atoms with Crippen LogP contribution in [0.25, 0.3) is 0 Å². The Hall–Kier alpha value is -3.76. The van der Waals surface area contributed by atoms with E-state index in [4.69, 9.17) is 0 Å². The molecule has 0 saturated heterocycles. The lowest BCUT2D eigenvalue weighted by atomic mass is 10.0. The zero-order valence-electron chi connectivity index (χ0n) is 19.6. The number of ketones is 2. The van der Waals surface area contributed by atoms with E-state index < -0.39 is 29.7 Å². The number of aryl methyl sites for hydroxylation is 1. The third-order valence-corrected chi connectivity index (χ3v) is 5.79. The number of nitrogens with zero attached hydrogens (tertiary/aromatic N) is 2. The summed E-state index contributed by atoms with van der Waals surface area (Å²) >= 11 is 0. The highest BCUT2D eigenvalue weighted by Crippen LogP contribution is 2.24. The van der Waals surface area contributed by atoms with Crippen LogP contribution in [0.1, 0.15) is 36.5 Å². The molecule has 0 saturated carbocycles. The molecule has 1 aliphatic rings. The number of aromatic amines is 1. The van der Waals surface area contributed by atoms with Gasteiger partial charge in [0.2, 0.25) is 0 Å². The first-order chi connectivity index (χ1) is 16.1. The van der Waals surface area contributed by atoms with Crippen molar-refractivity contribution in [3.8, 4) is 0 Å². The van der Waals surface area contributed by atoms with Crippen molar-refractivity contribution in [2.45, 2.75) is 45.4 Å². The number of alkyl halides is 1. The fourth-order valence-corrected chi connectivity index (χ4v) is 3.69. The van der Waals surface area contributed by atoms with Crippen LogP contribution in [0, 0.1) is 6.92 Å². The molecule has 0 spiro atoms. The molecular formula is C23H29FN6O4. The fourth-order valence-electron chi connectivity index (χ4n) is 3.69. The number of likely N-dealkylation sites (N-methyl/N-ethyl adjacent to an activating group) is 1. The first-order valence-corrected chi connectivity index (χ1v) is 10.9. The predicted octanol–water partition coefficient (Wildman–Crippen LogP) is 1.43. The molecule has 3 atom stereocenters. The minimum atomic E-state index is -1.81. The maximum atomic E-state index is 13.7. The number of halogens is 1. The summed E-state index contributed by atoms with van der Waals surface area (Å²) in [5, 5.41) is 8.97. The van der Waals surface area contributed by atoms with Gasteiger partial charge in [0, 0.05) is 37.8 Å². The van der Waals surface area contributed by atoms with E-state index in [2.05, 4.69) is 25.9 Å². The molecular weight excluding hydrogens is 442 g/mol. The lowest BCUT2D eigenvalue weighted by Gasteiger charge is -2.35. The minimum absolute atomic E-state index is 0.0210. The number of nitrogens with one attached hydrogen (secondary N) is 4. The third-order valence-electron chi connectivity index (χ3n) is 5.79. The van der Waals surface area contributed by atoms with Crippen LogP contribution in [-0.2, 0) is 9.59 Å². The molecule has 1 aromatic carbocycles. The number of H-pyrrole nitrogens is 1. The molecule has 2 heterocycles. The Morgan fingerprint density at radius 2 is 1.88 bits per heavy atom. The molecule has 0 fully saturated rings. The highest BCUT2D eigenvalue weighted by Gasteiger charge is 2.27. The van der Waals surface area contributed by atoms with Gasteiger partial charge in [0.25, 0.3) is 11.5 Å². The first kappa shape index (κ1) is 24.9. The van der Waals surface area contributed by atoms with Crippen LogP contribution in [0.2, 0.25) is 0 Å². The number of Topliss-reactive ketones (excluding diaryl/α,β-unsaturated/α-hetero) is 2. The summed E-state index contributed by atoms with van der Waals surface area (Å²) in [5.74, 6) is -0.539. The third kappa shape index (κ3) is 5.77. The van der Waals surface area contributed by atoms with Crippen LogP contribution in [0.5, 0.6) is 0 Å². The number of amides is 1. The van der Waals surface area contributed by atoms with Gasteiger partial charge in [-0.15, -0.1) is 0 Å². The van der Waals surface area contributed by atoms with Crippen molar-refractivity contribution in [3.63, 3.8) is 0 Å². The molecule has 11 heteroatoms. The minimum Gasteiger partial charge on any atom is -0.383 e. The lowest BCUT2D eigenvalue weighted by molar-refractivity contribution is -0.123. The van der Waals surface area contributed by atoms with E-state index in [1.54, 1.807) is 31.2 Å². The summed E-state index contributed by atoms with van der Waals surface area (Å²) in [6.07, 6.45) is -2.20. The SMILES string of the molecule is CC(=O)C([18F])C[C@H](NC(=O)c1ccc(NCC2CNc3nc(C)[nH]c(=O)c3N2C)cc1)C(C)=O. The molecule has 2 unspecified atom stereocenters. The Bertz CT molecular complexity index is 1130. The Labute approximate surface area is 196 Å². The molecule has 182 valence electrons. The predicted molar refractivity (Wildman–Crippen MR) is 127 cm³/mol. The molecule has 1 aliphatic heterocycles. The van der Waals surface area contributed by atoms with Gasteiger partial charge >= 0.3 is 0 Å². The van der Waals surface area contributed by atoms with Crippen molar-refractivity contribution in [1.29, 1.82) is 0 Å². The average molecular weight is 472 g/mol.